The molecule has 0 radical (unpaired) electrons. The Morgan fingerprint density at radius 3 is 2.66 bits per heavy atom. The minimum Gasteiger partial charge on any atom is -0.475 e. The minimum absolute atomic E-state index is 0.00333. The van der Waals surface area contributed by atoms with Gasteiger partial charge in [-0.05, 0) is 30.2 Å². The third-order valence-corrected chi connectivity index (χ3v) is 4.56. The lowest BCUT2D eigenvalue weighted by Crippen LogP contribution is -2.21. The Labute approximate surface area is 193 Å². The Morgan fingerprint density at radius 1 is 1.26 bits per heavy atom. The first kappa shape index (κ1) is 25.0. The van der Waals surface area contributed by atoms with Gasteiger partial charge >= 0.3 is 12.1 Å². The van der Waals surface area contributed by atoms with Gasteiger partial charge in [-0.3, -0.25) is 9.67 Å². The summed E-state index contributed by atoms with van der Waals surface area (Å²) in [5.41, 5.74) is 3.08. The summed E-state index contributed by atoms with van der Waals surface area (Å²) in [6.07, 6.45) is 3.53. The van der Waals surface area contributed by atoms with E-state index in [1.54, 1.807) is 35.5 Å². The fraction of sp³-hybridized carbons (Fsp3) is 0.143. The Morgan fingerprint density at radius 2 is 2.00 bits per heavy atom. The Bertz CT molecular complexity index is 1400. The van der Waals surface area contributed by atoms with Crippen LogP contribution < -0.4 is 0 Å². The second-order valence-corrected chi connectivity index (χ2v) is 6.84. The maximum Gasteiger partial charge on any atom is 0.490 e. The molecule has 9 nitrogen and oxygen atoms in total. The quantitative estimate of drug-likeness (QED) is 0.393. The average Bonchev–Trinajstić information content (AvgIpc) is 3.49. The molecule has 1 unspecified atom stereocenters. The van der Waals surface area contributed by atoms with Crippen LogP contribution in [0.4, 0.5) is 22.0 Å². The smallest absolute Gasteiger partial charge is 0.475 e. The number of fused-ring (bicyclic) bond motifs is 1. The van der Waals surface area contributed by atoms with Crippen molar-refractivity contribution in [3.8, 4) is 17.3 Å². The van der Waals surface area contributed by atoms with Gasteiger partial charge in [-0.2, -0.15) is 32.3 Å². The molecule has 4 rings (SSSR count). The highest BCUT2D eigenvalue weighted by Crippen LogP contribution is 2.28. The van der Waals surface area contributed by atoms with E-state index in [1.807, 2.05) is 12.1 Å². The maximum absolute atomic E-state index is 12.7. The predicted octanol–water partition coefficient (Wildman–Crippen LogP) is 4.48. The third-order valence-electron chi connectivity index (χ3n) is 4.56. The van der Waals surface area contributed by atoms with E-state index in [0.717, 1.165) is 17.0 Å². The zero-order valence-corrected chi connectivity index (χ0v) is 17.4. The molecule has 35 heavy (non-hydrogen) atoms. The maximum atomic E-state index is 12.7. The summed E-state index contributed by atoms with van der Waals surface area (Å²) in [6.45, 7) is 0. The lowest BCUT2D eigenvalue weighted by Gasteiger charge is -2.16. The van der Waals surface area contributed by atoms with Crippen LogP contribution >= 0.6 is 0 Å². The molecule has 0 aliphatic carbocycles. The van der Waals surface area contributed by atoms with E-state index in [2.05, 4.69) is 25.0 Å². The number of alkyl halides is 3. The fourth-order valence-electron chi connectivity index (χ4n) is 3.03. The molecule has 2 N–H and O–H groups in total. The molecule has 4 heterocycles. The Hall–Kier alpha value is -4.67. The third kappa shape index (κ3) is 6.22. The molecule has 4 aromatic heterocycles. The van der Waals surface area contributed by atoms with E-state index in [9.17, 15) is 22.0 Å². The number of aliphatic carboxylic acids is 1. The summed E-state index contributed by atoms with van der Waals surface area (Å²) in [7, 11) is 0. The van der Waals surface area contributed by atoms with Gasteiger partial charge in [0, 0.05) is 35.7 Å². The van der Waals surface area contributed by atoms with Gasteiger partial charge in [-0.15, -0.1) is 0 Å². The number of nitrogens with one attached hydrogen (secondary N) is 1. The Balaban J connectivity index is 0.000000429. The van der Waals surface area contributed by atoms with Crippen molar-refractivity contribution in [1.82, 2.24) is 29.7 Å². The topological polar surface area (TPSA) is 133 Å². The van der Waals surface area contributed by atoms with Crippen molar-refractivity contribution in [2.75, 3.05) is 0 Å². The molecule has 0 aromatic carbocycles. The highest BCUT2D eigenvalue weighted by Gasteiger charge is 2.38. The highest BCUT2D eigenvalue weighted by molar-refractivity contribution is 5.90. The molecule has 0 amide bonds. The number of nitrogens with zero attached hydrogens (tertiary/aromatic N) is 6. The van der Waals surface area contributed by atoms with Gasteiger partial charge in [0.25, 0.3) is 6.08 Å². The molecule has 0 bridgehead atoms. The number of hydrogen-bond donors (Lipinski definition) is 2. The fourth-order valence-corrected chi connectivity index (χ4v) is 3.03. The van der Waals surface area contributed by atoms with Gasteiger partial charge in [0.05, 0.1) is 23.5 Å². The number of aromatic nitrogens is 6. The summed E-state index contributed by atoms with van der Waals surface area (Å²) < 4.78 is 58.8. The van der Waals surface area contributed by atoms with Crippen molar-refractivity contribution in [3.63, 3.8) is 0 Å². The van der Waals surface area contributed by atoms with Crippen LogP contribution in [0.1, 0.15) is 23.6 Å². The number of rotatable bonds is 5. The van der Waals surface area contributed by atoms with Crippen molar-refractivity contribution in [2.24, 2.45) is 0 Å². The minimum atomic E-state index is -5.08. The molecule has 1 atom stereocenters. The summed E-state index contributed by atoms with van der Waals surface area (Å²) >= 11 is 0. The molecule has 0 fully saturated rings. The van der Waals surface area contributed by atoms with Gasteiger partial charge in [-0.25, -0.2) is 14.8 Å². The molecule has 0 saturated carbocycles. The van der Waals surface area contributed by atoms with E-state index in [1.165, 1.54) is 12.5 Å². The highest BCUT2D eigenvalue weighted by atomic mass is 19.4. The van der Waals surface area contributed by atoms with E-state index in [0.29, 0.717) is 22.5 Å². The number of halogens is 5. The largest absolute Gasteiger partial charge is 0.490 e. The zero-order valence-electron chi connectivity index (χ0n) is 17.4. The van der Waals surface area contributed by atoms with Crippen molar-refractivity contribution in [2.45, 2.75) is 18.6 Å². The van der Waals surface area contributed by atoms with Gasteiger partial charge < -0.3 is 10.1 Å². The lowest BCUT2D eigenvalue weighted by molar-refractivity contribution is -0.192. The van der Waals surface area contributed by atoms with Gasteiger partial charge in [0.2, 0.25) is 0 Å². The van der Waals surface area contributed by atoms with Crippen molar-refractivity contribution in [1.29, 1.82) is 5.26 Å². The predicted molar refractivity (Wildman–Crippen MR) is 111 cm³/mol. The standard InChI is InChI=1S/C19H13F2N7.C2HF3O2/c20-17(21)2-1-16(13-5-12(6-22)7-23-8-13)28-10-14(9-27-28)18-15-3-4-24-19(15)26-11-25-18;3-2(4,5)1(6)7/h2-5,7-11,16H,1H2,(H,24,25,26);(H,6,7). The van der Waals surface area contributed by atoms with Crippen LogP contribution in [0.5, 0.6) is 0 Å². The first-order valence-electron chi connectivity index (χ1n) is 9.59. The lowest BCUT2D eigenvalue weighted by atomic mass is 10.0. The van der Waals surface area contributed by atoms with Crippen LogP contribution in [-0.4, -0.2) is 47.0 Å². The molecule has 0 saturated heterocycles. The summed E-state index contributed by atoms with van der Waals surface area (Å²) in [5.74, 6) is -2.76. The normalized spacial score (nSPS) is 11.8. The number of carbonyl (C=O) groups is 1. The number of H-pyrrole nitrogens is 1. The number of allylic oxidation sites excluding steroid dienone is 1. The van der Waals surface area contributed by atoms with Crippen LogP contribution in [0.3, 0.4) is 0 Å². The van der Waals surface area contributed by atoms with Crippen LogP contribution in [-0.2, 0) is 4.79 Å². The van der Waals surface area contributed by atoms with Crippen LogP contribution in [0.15, 0.2) is 61.6 Å². The van der Waals surface area contributed by atoms with Crippen molar-refractivity contribution >= 4 is 17.0 Å². The van der Waals surface area contributed by atoms with Gasteiger partial charge in [0.15, 0.2) is 0 Å². The second kappa shape index (κ2) is 10.5. The Kier molecular flexibility index (Phi) is 7.49. The van der Waals surface area contributed by atoms with E-state index >= 15 is 0 Å². The zero-order chi connectivity index (χ0) is 25.6. The van der Waals surface area contributed by atoms with E-state index in [4.69, 9.17) is 15.2 Å². The van der Waals surface area contributed by atoms with Gasteiger partial charge in [-0.1, -0.05) is 0 Å². The number of nitriles is 1. The molecule has 14 heteroatoms. The SMILES string of the molecule is N#Cc1cncc(C(CC=C(F)F)n2cc(-c3ncnc4[nH]ccc34)cn2)c1.O=C(O)C(F)(F)F. The molecule has 0 spiro atoms. The van der Waals surface area contributed by atoms with Gasteiger partial charge in [0.1, 0.15) is 18.0 Å². The average molecular weight is 491 g/mol. The van der Waals surface area contributed by atoms with E-state index < -0.39 is 24.3 Å². The van der Waals surface area contributed by atoms with Crippen LogP contribution in [0.25, 0.3) is 22.3 Å². The monoisotopic (exact) mass is 491 g/mol. The number of pyridine rings is 1. The second-order valence-electron chi connectivity index (χ2n) is 6.84. The number of hydrogen-bond acceptors (Lipinski definition) is 6. The first-order chi connectivity index (χ1) is 16.6. The van der Waals surface area contributed by atoms with Crippen LogP contribution in [0.2, 0.25) is 0 Å². The first-order valence-corrected chi connectivity index (χ1v) is 9.59. The number of carboxylic acids is 1. The van der Waals surface area contributed by atoms with Crippen molar-refractivity contribution in [3.05, 3.63) is 72.7 Å². The summed E-state index contributed by atoms with van der Waals surface area (Å²) in [5, 5.41) is 21.4. The molecular formula is C21H14F5N7O2. The number of aromatic amines is 1. The van der Waals surface area contributed by atoms with Crippen LogP contribution in [0, 0.1) is 11.3 Å². The molecule has 180 valence electrons. The van der Waals surface area contributed by atoms with Crippen molar-refractivity contribution < 1.29 is 31.9 Å². The van der Waals surface area contributed by atoms with E-state index in [-0.39, 0.29) is 6.42 Å². The molecule has 4 aromatic rings. The molecular weight excluding hydrogens is 477 g/mol. The molecule has 0 aliphatic heterocycles. The number of carboxylic acid groups (broad SMARTS) is 1. The molecule has 0 aliphatic rings. The summed E-state index contributed by atoms with van der Waals surface area (Å²) in [6, 6.07) is 4.95. The summed E-state index contributed by atoms with van der Waals surface area (Å²) in [4.78, 5) is 24.4.